The number of hydrogen-bond donors (Lipinski definition) is 0. The zero-order chi connectivity index (χ0) is 63.3. The third-order valence-corrected chi connectivity index (χ3v) is 22.2. The normalized spacial score (nSPS) is 12.1. The molecule has 4 aromatic heterocycles. The summed E-state index contributed by atoms with van der Waals surface area (Å²) in [5, 5.41) is 19.5. The van der Waals surface area contributed by atoms with Crippen LogP contribution in [-0.2, 0) is 0 Å². The summed E-state index contributed by atoms with van der Waals surface area (Å²) in [6.07, 6.45) is 0. The van der Waals surface area contributed by atoms with Crippen molar-refractivity contribution >= 4 is 184 Å². The van der Waals surface area contributed by atoms with E-state index in [9.17, 15) is 0 Å². The summed E-state index contributed by atoms with van der Waals surface area (Å²) in [4.78, 5) is 4.87. The van der Waals surface area contributed by atoms with Crippen LogP contribution in [0.15, 0.2) is 312 Å². The first-order valence-electron chi connectivity index (χ1n) is 32.8. The lowest BCUT2D eigenvalue weighted by Crippen LogP contribution is -2.11. The first-order valence-corrected chi connectivity index (χ1v) is 34.4. The lowest BCUT2D eigenvalue weighted by Gasteiger charge is -2.28. The molecule has 450 valence electrons. The van der Waals surface area contributed by atoms with Gasteiger partial charge in [0.2, 0.25) is 0 Å². The fourth-order valence-electron chi connectivity index (χ4n) is 15.6. The summed E-state index contributed by atoms with van der Waals surface area (Å²) in [6.45, 7) is 4.38. The van der Waals surface area contributed by atoms with Crippen LogP contribution in [0.3, 0.4) is 0 Å². The van der Waals surface area contributed by atoms with Crippen molar-refractivity contribution in [2.24, 2.45) is 0 Å². The van der Waals surface area contributed by atoms with Crippen LogP contribution in [0.4, 0.5) is 34.1 Å². The number of thiophene rings is 2. The van der Waals surface area contributed by atoms with Crippen molar-refractivity contribution in [2.45, 2.75) is 13.8 Å². The Morgan fingerprint density at radius 1 is 0.260 bits per heavy atom. The lowest BCUT2D eigenvalue weighted by atomic mass is 9.92. The van der Waals surface area contributed by atoms with Crippen LogP contribution < -0.4 is 9.80 Å². The van der Waals surface area contributed by atoms with Gasteiger partial charge in [0, 0.05) is 119 Å². The fourth-order valence-corrected chi connectivity index (χ4v) is 18.0. The van der Waals surface area contributed by atoms with Crippen LogP contribution >= 0.6 is 22.7 Å². The van der Waals surface area contributed by atoms with Crippen molar-refractivity contribution in [1.82, 2.24) is 0 Å². The Morgan fingerprint density at radius 3 is 1.34 bits per heavy atom. The van der Waals surface area contributed by atoms with Crippen LogP contribution in [0, 0.1) is 13.8 Å². The van der Waals surface area contributed by atoms with Crippen LogP contribution in [0.2, 0.25) is 0 Å². The van der Waals surface area contributed by atoms with Gasteiger partial charge in [-0.3, -0.25) is 0 Å². The molecule has 0 bridgehead atoms. The Morgan fingerprint density at radius 2 is 0.719 bits per heavy atom. The molecule has 0 fully saturated rings. The molecule has 6 heteroatoms. The quantitative estimate of drug-likeness (QED) is 0.144. The summed E-state index contributed by atoms with van der Waals surface area (Å²) < 4.78 is 19.1. The summed E-state index contributed by atoms with van der Waals surface area (Å²) in [5.74, 6) is 0. The number of benzene rings is 16. The maximum Gasteiger partial charge on any atom is 0.143 e. The van der Waals surface area contributed by atoms with Gasteiger partial charge in [0.05, 0.1) is 11.4 Å². The minimum absolute atomic E-state index is 0.844. The molecule has 0 saturated carbocycles. The fraction of sp³-hybridized carbons (Fsp3) is 0.0222. The van der Waals surface area contributed by atoms with E-state index in [0.717, 1.165) is 106 Å². The van der Waals surface area contributed by atoms with Gasteiger partial charge in [0.1, 0.15) is 22.3 Å². The van der Waals surface area contributed by atoms with E-state index < -0.39 is 0 Å². The van der Waals surface area contributed by atoms with E-state index in [4.69, 9.17) is 8.83 Å². The third kappa shape index (κ3) is 8.39. The zero-order valence-corrected chi connectivity index (χ0v) is 54.0. The predicted octanol–water partition coefficient (Wildman–Crippen LogP) is 27.4. The van der Waals surface area contributed by atoms with Gasteiger partial charge in [0.25, 0.3) is 0 Å². The number of para-hydroxylation sites is 3. The van der Waals surface area contributed by atoms with Gasteiger partial charge in [-0.25, -0.2) is 0 Å². The van der Waals surface area contributed by atoms with E-state index in [1.165, 1.54) is 100 Å². The molecule has 96 heavy (non-hydrogen) atoms. The molecule has 0 aliphatic carbocycles. The highest BCUT2D eigenvalue weighted by atomic mass is 32.1. The number of nitrogens with zero attached hydrogens (tertiary/aromatic N) is 2. The van der Waals surface area contributed by atoms with Crippen molar-refractivity contribution in [1.29, 1.82) is 0 Å². The van der Waals surface area contributed by atoms with Gasteiger partial charge in [-0.05, 0) is 146 Å². The van der Waals surface area contributed by atoms with E-state index in [0.29, 0.717) is 0 Å². The van der Waals surface area contributed by atoms with E-state index >= 15 is 0 Å². The molecule has 0 N–H and O–H groups in total. The number of fused-ring (bicyclic) bond motifs is 20. The Hall–Kier alpha value is -11.8. The lowest BCUT2D eigenvalue weighted by molar-refractivity contribution is 0.669. The summed E-state index contributed by atoms with van der Waals surface area (Å²) in [5.41, 5.74) is 19.1. The smallest absolute Gasteiger partial charge is 0.143 e. The monoisotopic (exact) mass is 1260 g/mol. The second-order valence-corrected chi connectivity index (χ2v) is 27.7. The SMILES string of the molecule is Cc1cccc(N(c2ccc3c(c2)oc2c(-c4ccccc4)cccc23)c2cc3sc4cc(-c5ccc(-c6cccc7c6oc6cc(N(c8ccccc8C)c8cc9sc%10ccc%11ccccc%11c%10c9c9ccccc89)ccc67)cc5)c5ccccc5c4c3c3ccccc23)c1. The molecular weight excluding hydrogens is 1210 g/mol. The van der Waals surface area contributed by atoms with Crippen molar-refractivity contribution < 1.29 is 8.83 Å². The molecule has 0 amide bonds. The van der Waals surface area contributed by atoms with Crippen molar-refractivity contribution in [3.63, 3.8) is 0 Å². The minimum Gasteiger partial charge on any atom is -0.455 e. The maximum atomic E-state index is 7.14. The largest absolute Gasteiger partial charge is 0.455 e. The van der Waals surface area contributed by atoms with Crippen LogP contribution in [0.5, 0.6) is 0 Å². The van der Waals surface area contributed by atoms with Crippen molar-refractivity contribution in [2.75, 3.05) is 9.80 Å². The molecule has 4 heterocycles. The topological polar surface area (TPSA) is 32.8 Å². The first kappa shape index (κ1) is 54.7. The summed E-state index contributed by atoms with van der Waals surface area (Å²) in [6, 6.07) is 111. The van der Waals surface area contributed by atoms with Gasteiger partial charge >= 0.3 is 0 Å². The molecule has 0 aliphatic heterocycles. The van der Waals surface area contributed by atoms with E-state index in [2.05, 4.69) is 327 Å². The van der Waals surface area contributed by atoms with E-state index in [1.807, 2.05) is 22.7 Å². The second-order valence-electron chi connectivity index (χ2n) is 25.5. The van der Waals surface area contributed by atoms with Gasteiger partial charge in [-0.15, -0.1) is 22.7 Å². The molecule has 0 radical (unpaired) electrons. The summed E-state index contributed by atoms with van der Waals surface area (Å²) in [7, 11) is 0. The molecule has 0 saturated heterocycles. The molecule has 16 aromatic carbocycles. The molecule has 4 nitrogen and oxygen atoms in total. The zero-order valence-electron chi connectivity index (χ0n) is 52.4. The molecule has 20 rings (SSSR count). The Labute approximate surface area is 560 Å². The first-order chi connectivity index (χ1) is 47.4. The molecule has 0 spiro atoms. The average molecular weight is 1260 g/mol. The number of aryl methyl sites for hydroxylation is 2. The predicted molar refractivity (Wildman–Crippen MR) is 412 cm³/mol. The van der Waals surface area contributed by atoms with Crippen molar-refractivity contribution in [3.05, 3.63) is 314 Å². The Balaban J connectivity index is 0.693. The summed E-state index contributed by atoms with van der Waals surface area (Å²) >= 11 is 3.75. The van der Waals surface area contributed by atoms with Crippen LogP contribution in [0.1, 0.15) is 11.1 Å². The average Bonchev–Trinajstić information content (AvgIpc) is 1.73. The highest BCUT2D eigenvalue weighted by Gasteiger charge is 2.26. The number of rotatable bonds is 9. The highest BCUT2D eigenvalue weighted by molar-refractivity contribution is 7.26. The Bertz CT molecular complexity index is 6630. The Kier molecular flexibility index (Phi) is 12.2. The van der Waals surface area contributed by atoms with Gasteiger partial charge in [0.15, 0.2) is 0 Å². The molecule has 0 unspecified atom stereocenters. The van der Waals surface area contributed by atoms with Crippen LogP contribution in [0.25, 0.3) is 161 Å². The van der Waals surface area contributed by atoms with E-state index in [-0.39, 0.29) is 0 Å². The standard InChI is InChI=1S/C90H56N2O2S2/c1-53-19-16-24-59(47-53)91(60-42-44-68-73-34-17-32-63(55-21-4-3-5-22-55)89(73)93-79(68)48-60)77-51-84-88(71-30-13-10-27-66(71)77)86-70-29-12-9-26-65(70)75(50-82(86)96-84)58-39-37-57(38-40-58)64-33-18-35-74-69-45-43-61(49-80(69)94-90(64)74)92(76-36-15-6-20-54(76)2)78-52-83-87(72-31-14-11-28-67(72)78)85-62-25-8-7-23-56(62)41-46-81(85)95-83/h3-52H,1-2H3. The van der Waals surface area contributed by atoms with Crippen molar-refractivity contribution in [3.8, 4) is 33.4 Å². The number of hydrogen-bond acceptors (Lipinski definition) is 6. The molecule has 0 atom stereocenters. The van der Waals surface area contributed by atoms with Gasteiger partial charge in [-0.1, -0.05) is 224 Å². The minimum atomic E-state index is 0.844. The van der Waals surface area contributed by atoms with Gasteiger partial charge < -0.3 is 18.6 Å². The maximum absolute atomic E-state index is 7.14. The van der Waals surface area contributed by atoms with Gasteiger partial charge in [-0.2, -0.15) is 0 Å². The third-order valence-electron chi connectivity index (χ3n) is 20.0. The van der Waals surface area contributed by atoms with E-state index in [1.54, 1.807) is 0 Å². The van der Waals surface area contributed by atoms with Crippen LogP contribution in [-0.4, -0.2) is 0 Å². The molecule has 20 aromatic rings. The highest BCUT2D eigenvalue weighted by Crippen LogP contribution is 2.53. The molecular formula is C90H56N2O2S2. The molecule has 0 aliphatic rings. The second kappa shape index (κ2) is 21.4. The number of anilines is 6. The number of furan rings is 2.